The Morgan fingerprint density at radius 2 is 1.94 bits per heavy atom. The van der Waals surface area contributed by atoms with E-state index in [0.29, 0.717) is 0 Å². The Bertz CT molecular complexity index is 364. The van der Waals surface area contributed by atoms with Gasteiger partial charge in [0, 0.05) is 19.8 Å². The van der Waals surface area contributed by atoms with Crippen molar-refractivity contribution in [2.75, 3.05) is 14.2 Å². The average Bonchev–Trinajstić information content (AvgIpc) is 2.23. The predicted octanol–water partition coefficient (Wildman–Crippen LogP) is 2.41. The Morgan fingerprint density at radius 3 is 2.44 bits per heavy atom. The summed E-state index contributed by atoms with van der Waals surface area (Å²) in [7, 11) is 2.77. The van der Waals surface area contributed by atoms with Crippen LogP contribution in [0, 0.1) is 5.82 Å². The summed E-state index contributed by atoms with van der Waals surface area (Å²) in [6, 6.07) is 4.69. The second-order valence-corrected chi connectivity index (χ2v) is 4.41. The molecule has 1 N–H and O–H groups in total. The first-order valence-corrected chi connectivity index (χ1v) is 5.47. The number of ether oxygens (including phenoxy) is 2. The van der Waals surface area contributed by atoms with Crippen LogP contribution >= 0.6 is 15.9 Å². The first-order valence-electron chi connectivity index (χ1n) is 4.67. The van der Waals surface area contributed by atoms with E-state index in [4.69, 9.17) is 9.47 Å². The molecular weight excluding hydrogens is 279 g/mol. The summed E-state index contributed by atoms with van der Waals surface area (Å²) in [5.74, 6) is -0.522. The zero-order valence-corrected chi connectivity index (χ0v) is 10.9. The molecule has 1 aromatic carbocycles. The minimum atomic E-state index is -1.56. The van der Waals surface area contributed by atoms with Crippen molar-refractivity contribution >= 4 is 15.9 Å². The molecule has 5 heteroatoms. The molecule has 0 aliphatic carbocycles. The van der Waals surface area contributed by atoms with E-state index in [1.54, 1.807) is 12.1 Å². The Kier molecular flexibility index (Phi) is 4.43. The first-order chi connectivity index (χ1) is 7.45. The molecule has 1 unspecified atom stereocenters. The molecule has 0 saturated heterocycles. The number of benzene rings is 1. The Balaban J connectivity index is 3.20. The molecule has 1 atom stereocenters. The Morgan fingerprint density at radius 1 is 1.38 bits per heavy atom. The number of hydrogen-bond acceptors (Lipinski definition) is 3. The maximum atomic E-state index is 13.8. The summed E-state index contributed by atoms with van der Waals surface area (Å²) in [6.07, 6.45) is -0.934. The van der Waals surface area contributed by atoms with Crippen LogP contribution in [0.3, 0.4) is 0 Å². The molecule has 0 bridgehead atoms. The van der Waals surface area contributed by atoms with Crippen molar-refractivity contribution in [3.05, 3.63) is 34.1 Å². The molecule has 1 aromatic rings. The summed E-state index contributed by atoms with van der Waals surface area (Å²) in [4.78, 5) is 0. The van der Waals surface area contributed by atoms with Crippen LogP contribution in [0.2, 0.25) is 0 Å². The molecule has 16 heavy (non-hydrogen) atoms. The van der Waals surface area contributed by atoms with Crippen LogP contribution in [0.15, 0.2) is 22.7 Å². The molecule has 0 saturated carbocycles. The largest absolute Gasteiger partial charge is 0.380 e. The van der Waals surface area contributed by atoms with Crippen molar-refractivity contribution in [3.63, 3.8) is 0 Å². The molecule has 0 aromatic heterocycles. The molecule has 0 fully saturated rings. The van der Waals surface area contributed by atoms with Gasteiger partial charge < -0.3 is 14.6 Å². The van der Waals surface area contributed by atoms with Crippen molar-refractivity contribution in [2.45, 2.75) is 18.8 Å². The molecule has 0 spiro atoms. The molecule has 90 valence electrons. The lowest BCUT2D eigenvalue weighted by molar-refractivity contribution is -0.214. The van der Waals surface area contributed by atoms with E-state index in [0.717, 1.165) is 0 Å². The van der Waals surface area contributed by atoms with Gasteiger partial charge in [0.25, 0.3) is 0 Å². The molecule has 0 aliphatic rings. The van der Waals surface area contributed by atoms with Gasteiger partial charge in [-0.2, -0.15) is 0 Å². The van der Waals surface area contributed by atoms with Crippen LogP contribution in [0.4, 0.5) is 4.39 Å². The third-order valence-electron chi connectivity index (χ3n) is 2.38. The van der Waals surface area contributed by atoms with Gasteiger partial charge in [-0.25, -0.2) is 4.39 Å². The molecule has 3 nitrogen and oxygen atoms in total. The molecular formula is C11H14BrFO3. The van der Waals surface area contributed by atoms with Gasteiger partial charge in [0.15, 0.2) is 6.29 Å². The number of aliphatic hydroxyl groups is 1. The average molecular weight is 293 g/mol. The Hall–Kier alpha value is -0.490. The number of hydrogen-bond donors (Lipinski definition) is 1. The third kappa shape index (κ3) is 2.43. The zero-order chi connectivity index (χ0) is 12.3. The normalized spacial score (nSPS) is 15.2. The first kappa shape index (κ1) is 13.6. The maximum Gasteiger partial charge on any atom is 0.189 e. The highest BCUT2D eigenvalue weighted by Crippen LogP contribution is 2.31. The van der Waals surface area contributed by atoms with Gasteiger partial charge in [-0.3, -0.25) is 0 Å². The number of halogens is 2. The molecule has 0 amide bonds. The summed E-state index contributed by atoms with van der Waals surface area (Å²) in [5, 5.41) is 10.2. The van der Waals surface area contributed by atoms with Gasteiger partial charge in [-0.1, -0.05) is 12.1 Å². The second-order valence-electron chi connectivity index (χ2n) is 3.55. The molecule has 0 radical (unpaired) electrons. The maximum absolute atomic E-state index is 13.8. The van der Waals surface area contributed by atoms with Crippen molar-refractivity contribution in [1.82, 2.24) is 0 Å². The van der Waals surface area contributed by atoms with Gasteiger partial charge in [-0.05, 0) is 28.9 Å². The summed E-state index contributed by atoms with van der Waals surface area (Å²) in [6.45, 7) is 1.44. The predicted molar refractivity (Wildman–Crippen MR) is 61.5 cm³/mol. The smallest absolute Gasteiger partial charge is 0.189 e. The van der Waals surface area contributed by atoms with Gasteiger partial charge in [0.2, 0.25) is 0 Å². The standard InChI is InChI=1S/C11H14BrFO3/c1-11(14,10(15-2)16-3)7-5-4-6-8(12)9(7)13/h4-6,10,14H,1-3H3. The van der Waals surface area contributed by atoms with Crippen LogP contribution in [0.25, 0.3) is 0 Å². The van der Waals surface area contributed by atoms with E-state index in [1.165, 1.54) is 27.2 Å². The minimum Gasteiger partial charge on any atom is -0.380 e. The fourth-order valence-corrected chi connectivity index (χ4v) is 1.94. The van der Waals surface area contributed by atoms with Crippen molar-refractivity contribution in [1.29, 1.82) is 0 Å². The topological polar surface area (TPSA) is 38.7 Å². The summed E-state index contributed by atoms with van der Waals surface area (Å²) >= 11 is 3.06. The monoisotopic (exact) mass is 292 g/mol. The van der Waals surface area contributed by atoms with E-state index < -0.39 is 17.7 Å². The second kappa shape index (κ2) is 5.23. The minimum absolute atomic E-state index is 0.121. The summed E-state index contributed by atoms with van der Waals surface area (Å²) < 4.78 is 24.0. The Labute approximate surface area is 102 Å². The van der Waals surface area contributed by atoms with Crippen molar-refractivity contribution in [2.24, 2.45) is 0 Å². The van der Waals surface area contributed by atoms with Gasteiger partial charge in [0.05, 0.1) is 4.47 Å². The highest BCUT2D eigenvalue weighted by atomic mass is 79.9. The van der Waals surface area contributed by atoms with Gasteiger partial charge >= 0.3 is 0 Å². The lowest BCUT2D eigenvalue weighted by atomic mass is 9.95. The zero-order valence-electron chi connectivity index (χ0n) is 9.33. The highest BCUT2D eigenvalue weighted by Gasteiger charge is 2.37. The van der Waals surface area contributed by atoms with Crippen LogP contribution in [0.5, 0.6) is 0 Å². The van der Waals surface area contributed by atoms with Gasteiger partial charge in [0.1, 0.15) is 11.4 Å². The van der Waals surface area contributed by atoms with Crippen LogP contribution in [0.1, 0.15) is 12.5 Å². The number of rotatable bonds is 4. The number of methoxy groups -OCH3 is 2. The lowest BCUT2D eigenvalue weighted by Gasteiger charge is -2.31. The fraction of sp³-hybridized carbons (Fsp3) is 0.455. The summed E-state index contributed by atoms with van der Waals surface area (Å²) in [5.41, 5.74) is -1.44. The van der Waals surface area contributed by atoms with Crippen LogP contribution in [-0.4, -0.2) is 25.6 Å². The van der Waals surface area contributed by atoms with E-state index in [9.17, 15) is 9.50 Å². The SMILES string of the molecule is COC(OC)C(C)(O)c1cccc(Br)c1F. The van der Waals surface area contributed by atoms with Crippen molar-refractivity contribution < 1.29 is 19.0 Å². The highest BCUT2D eigenvalue weighted by molar-refractivity contribution is 9.10. The molecule has 1 rings (SSSR count). The third-order valence-corrected chi connectivity index (χ3v) is 3.00. The van der Waals surface area contributed by atoms with Crippen LogP contribution < -0.4 is 0 Å². The quantitative estimate of drug-likeness (QED) is 0.866. The lowest BCUT2D eigenvalue weighted by Crippen LogP contribution is -2.40. The molecule has 0 aliphatic heterocycles. The van der Waals surface area contributed by atoms with Crippen LogP contribution in [-0.2, 0) is 15.1 Å². The molecule has 0 heterocycles. The van der Waals surface area contributed by atoms with Gasteiger partial charge in [-0.15, -0.1) is 0 Å². The van der Waals surface area contributed by atoms with E-state index in [2.05, 4.69) is 15.9 Å². The van der Waals surface area contributed by atoms with E-state index in [1.807, 2.05) is 0 Å². The van der Waals surface area contributed by atoms with E-state index >= 15 is 0 Å². The van der Waals surface area contributed by atoms with Crippen molar-refractivity contribution in [3.8, 4) is 0 Å². The fourth-order valence-electron chi connectivity index (χ4n) is 1.58. The van der Waals surface area contributed by atoms with E-state index in [-0.39, 0.29) is 10.0 Å².